The van der Waals surface area contributed by atoms with Crippen LogP contribution >= 0.6 is 0 Å². The first-order valence-corrected chi connectivity index (χ1v) is 4.03. The summed E-state index contributed by atoms with van der Waals surface area (Å²) >= 11 is 0. The fraction of sp³-hybridized carbons (Fsp3) is 0.875. The van der Waals surface area contributed by atoms with E-state index in [2.05, 4.69) is 11.4 Å². The first-order valence-electron chi connectivity index (χ1n) is 4.03. The van der Waals surface area contributed by atoms with E-state index in [9.17, 15) is 0 Å². The van der Waals surface area contributed by atoms with Crippen molar-refractivity contribution in [1.29, 1.82) is 5.26 Å². The number of nitriles is 1. The number of nitrogens with one attached hydrogen (secondary N) is 1. The molecule has 0 spiro atoms. The van der Waals surface area contributed by atoms with E-state index in [1.165, 1.54) is 12.8 Å². The van der Waals surface area contributed by atoms with Crippen molar-refractivity contribution in [2.75, 3.05) is 6.54 Å². The van der Waals surface area contributed by atoms with E-state index in [0.717, 1.165) is 13.0 Å². The zero-order valence-corrected chi connectivity index (χ0v) is 6.01. The van der Waals surface area contributed by atoms with Gasteiger partial charge in [0.05, 0.1) is 12.0 Å². The van der Waals surface area contributed by atoms with Gasteiger partial charge in [-0.05, 0) is 31.7 Å². The summed E-state index contributed by atoms with van der Waals surface area (Å²) in [5.74, 6) is 1.02. The lowest BCUT2D eigenvalue weighted by molar-refractivity contribution is 0.168. The number of rotatable bonds is 0. The highest BCUT2D eigenvalue weighted by atomic mass is 14.9. The fourth-order valence-electron chi connectivity index (χ4n) is 2.14. The molecule has 3 aliphatic rings. The van der Waals surface area contributed by atoms with Crippen molar-refractivity contribution >= 4 is 0 Å². The van der Waals surface area contributed by atoms with E-state index < -0.39 is 0 Å². The summed E-state index contributed by atoms with van der Waals surface area (Å²) < 4.78 is 0. The van der Waals surface area contributed by atoms with Gasteiger partial charge in [-0.25, -0.2) is 0 Å². The Morgan fingerprint density at radius 2 is 2.30 bits per heavy atom. The molecular weight excluding hydrogens is 124 g/mol. The quantitative estimate of drug-likeness (QED) is 0.537. The summed E-state index contributed by atoms with van der Waals surface area (Å²) in [7, 11) is 0. The van der Waals surface area contributed by atoms with Crippen molar-refractivity contribution in [2.24, 2.45) is 11.8 Å². The maximum atomic E-state index is 8.74. The first-order chi connectivity index (χ1) is 4.90. The number of hydrogen-bond acceptors (Lipinski definition) is 2. The Morgan fingerprint density at radius 1 is 1.40 bits per heavy atom. The van der Waals surface area contributed by atoms with Gasteiger partial charge in [-0.1, -0.05) is 0 Å². The molecule has 2 heterocycles. The highest BCUT2D eigenvalue weighted by molar-refractivity contribution is 4.99. The number of nitrogens with zero attached hydrogens (tertiary/aromatic N) is 1. The molecule has 0 amide bonds. The lowest BCUT2D eigenvalue weighted by Gasteiger charge is -2.40. The lowest BCUT2D eigenvalue weighted by atomic mass is 9.74. The molecule has 0 aromatic rings. The molecule has 0 radical (unpaired) electrons. The molecule has 10 heavy (non-hydrogen) atoms. The van der Waals surface area contributed by atoms with Crippen molar-refractivity contribution in [3.63, 3.8) is 0 Å². The second-order valence-electron chi connectivity index (χ2n) is 3.41. The van der Waals surface area contributed by atoms with Gasteiger partial charge in [-0.15, -0.1) is 0 Å². The number of piperidine rings is 2. The molecule has 3 atom stereocenters. The van der Waals surface area contributed by atoms with Gasteiger partial charge < -0.3 is 5.32 Å². The average molecular weight is 136 g/mol. The maximum absolute atomic E-state index is 8.74. The van der Waals surface area contributed by atoms with E-state index in [1.54, 1.807) is 0 Å². The van der Waals surface area contributed by atoms with Gasteiger partial charge in [0.15, 0.2) is 0 Å². The normalized spacial score (nSPS) is 44.9. The lowest BCUT2D eigenvalue weighted by Crippen LogP contribution is -2.48. The smallest absolute Gasteiger partial charge is 0.0659 e. The second-order valence-corrected chi connectivity index (χ2v) is 3.41. The third-order valence-electron chi connectivity index (χ3n) is 2.83. The summed E-state index contributed by atoms with van der Waals surface area (Å²) in [6.45, 7) is 1.09. The van der Waals surface area contributed by atoms with E-state index in [1.807, 2.05) is 0 Å². The molecule has 2 bridgehead atoms. The molecule has 2 saturated heterocycles. The highest BCUT2D eigenvalue weighted by Crippen LogP contribution is 2.33. The summed E-state index contributed by atoms with van der Waals surface area (Å²) in [5.41, 5.74) is 0. The Hall–Kier alpha value is -0.550. The molecule has 0 aromatic heterocycles. The van der Waals surface area contributed by atoms with Crippen LogP contribution in [0.2, 0.25) is 0 Å². The van der Waals surface area contributed by atoms with Gasteiger partial charge in [0, 0.05) is 6.04 Å². The Labute approximate surface area is 61.2 Å². The molecule has 3 fully saturated rings. The van der Waals surface area contributed by atoms with Crippen LogP contribution in [0.5, 0.6) is 0 Å². The van der Waals surface area contributed by atoms with Crippen LogP contribution in [0.1, 0.15) is 19.3 Å². The Balaban J connectivity index is 2.09. The minimum Gasteiger partial charge on any atom is -0.314 e. The minimum absolute atomic E-state index is 0.361. The van der Waals surface area contributed by atoms with Crippen molar-refractivity contribution in [1.82, 2.24) is 5.32 Å². The monoisotopic (exact) mass is 136 g/mol. The third kappa shape index (κ3) is 0.819. The van der Waals surface area contributed by atoms with E-state index in [4.69, 9.17) is 5.26 Å². The van der Waals surface area contributed by atoms with E-state index >= 15 is 0 Å². The fourth-order valence-corrected chi connectivity index (χ4v) is 2.14. The van der Waals surface area contributed by atoms with Crippen LogP contribution in [-0.2, 0) is 0 Å². The molecule has 3 rings (SSSR count). The largest absolute Gasteiger partial charge is 0.314 e. The Morgan fingerprint density at radius 3 is 2.60 bits per heavy atom. The Kier molecular flexibility index (Phi) is 1.39. The van der Waals surface area contributed by atoms with E-state index in [-0.39, 0.29) is 0 Å². The first kappa shape index (κ1) is 6.18. The van der Waals surface area contributed by atoms with Crippen LogP contribution in [0.15, 0.2) is 0 Å². The summed E-state index contributed by atoms with van der Waals surface area (Å²) in [6, 6.07) is 3.06. The van der Waals surface area contributed by atoms with Crippen molar-refractivity contribution in [3.8, 4) is 6.07 Å². The molecule has 54 valence electrons. The molecule has 1 N–H and O–H groups in total. The van der Waals surface area contributed by atoms with Crippen LogP contribution in [0.3, 0.4) is 0 Å². The van der Waals surface area contributed by atoms with Crippen LogP contribution in [0.4, 0.5) is 0 Å². The zero-order valence-electron chi connectivity index (χ0n) is 6.01. The highest BCUT2D eigenvalue weighted by Gasteiger charge is 2.34. The molecule has 1 aliphatic carbocycles. The molecule has 2 aliphatic heterocycles. The minimum atomic E-state index is 0.361. The molecular formula is C8H12N2. The van der Waals surface area contributed by atoms with Crippen molar-refractivity contribution < 1.29 is 0 Å². The Bertz CT molecular complexity index is 163. The molecule has 0 aromatic carbocycles. The zero-order chi connectivity index (χ0) is 6.97. The van der Waals surface area contributed by atoms with Gasteiger partial charge in [0.2, 0.25) is 0 Å². The molecule has 3 unspecified atom stereocenters. The van der Waals surface area contributed by atoms with Crippen molar-refractivity contribution in [2.45, 2.75) is 25.3 Å². The van der Waals surface area contributed by atoms with E-state index in [0.29, 0.717) is 17.9 Å². The molecule has 2 nitrogen and oxygen atoms in total. The second kappa shape index (κ2) is 2.25. The predicted molar refractivity (Wildman–Crippen MR) is 38.2 cm³/mol. The van der Waals surface area contributed by atoms with Crippen LogP contribution < -0.4 is 5.32 Å². The van der Waals surface area contributed by atoms with Gasteiger partial charge in [-0.2, -0.15) is 5.26 Å². The van der Waals surface area contributed by atoms with Crippen LogP contribution in [0.25, 0.3) is 0 Å². The van der Waals surface area contributed by atoms with Gasteiger partial charge in [-0.3, -0.25) is 0 Å². The number of hydrogen-bond donors (Lipinski definition) is 1. The third-order valence-corrected chi connectivity index (χ3v) is 2.83. The summed E-state index contributed by atoms with van der Waals surface area (Å²) in [5, 5.41) is 12.2. The van der Waals surface area contributed by atoms with Gasteiger partial charge >= 0.3 is 0 Å². The standard InChI is InChI=1S/C8H12N2/c9-4-7-3-8-2-1-6(7)5-10-8/h6-8,10H,1-3,5H2. The SMILES string of the molecule is N#CC1CC2CCC1CN2. The average Bonchev–Trinajstić information content (AvgIpc) is 2.06. The topological polar surface area (TPSA) is 35.8 Å². The maximum Gasteiger partial charge on any atom is 0.0659 e. The summed E-state index contributed by atoms with van der Waals surface area (Å²) in [6.07, 6.45) is 3.67. The van der Waals surface area contributed by atoms with Crippen LogP contribution in [0, 0.1) is 23.2 Å². The van der Waals surface area contributed by atoms with Gasteiger partial charge in [0.1, 0.15) is 0 Å². The van der Waals surface area contributed by atoms with Crippen LogP contribution in [-0.4, -0.2) is 12.6 Å². The van der Waals surface area contributed by atoms with Crippen molar-refractivity contribution in [3.05, 3.63) is 0 Å². The predicted octanol–water partition coefficient (Wildman–Crippen LogP) is 0.898. The molecule has 1 saturated carbocycles. The summed E-state index contributed by atoms with van der Waals surface area (Å²) in [4.78, 5) is 0. The van der Waals surface area contributed by atoms with Gasteiger partial charge in [0.25, 0.3) is 0 Å². The number of fused-ring (bicyclic) bond motifs is 3. The molecule has 2 heteroatoms.